The third-order valence-corrected chi connectivity index (χ3v) is 5.10. The molecule has 0 fully saturated rings. The first kappa shape index (κ1) is 17.5. The fourth-order valence-corrected chi connectivity index (χ4v) is 3.22. The molecule has 124 valence electrons. The van der Waals surface area contributed by atoms with E-state index in [-0.39, 0.29) is 10.5 Å². The number of carbonyl (C=O) groups excluding carboxylic acids is 1. The molecular formula is C17H16N2O4S. The van der Waals surface area contributed by atoms with Gasteiger partial charge in [0, 0.05) is 7.05 Å². The number of hydrogen-bond donors (Lipinski definition) is 0. The second-order valence-electron chi connectivity index (χ2n) is 5.01. The molecule has 0 bridgehead atoms. The lowest BCUT2D eigenvalue weighted by Crippen LogP contribution is -2.26. The summed E-state index contributed by atoms with van der Waals surface area (Å²) < 4.78 is 31.4. The van der Waals surface area contributed by atoms with Crippen LogP contribution >= 0.6 is 0 Å². The number of ether oxygens (including phenoxy) is 1. The van der Waals surface area contributed by atoms with Gasteiger partial charge in [0.05, 0.1) is 16.1 Å². The molecule has 0 aromatic heterocycles. The molecule has 0 saturated heterocycles. The van der Waals surface area contributed by atoms with Crippen molar-refractivity contribution in [2.45, 2.75) is 17.9 Å². The minimum atomic E-state index is -3.82. The monoisotopic (exact) mass is 344 g/mol. The third-order valence-electron chi connectivity index (χ3n) is 3.31. The van der Waals surface area contributed by atoms with E-state index in [1.165, 1.54) is 38.2 Å². The van der Waals surface area contributed by atoms with Gasteiger partial charge in [0.1, 0.15) is 6.07 Å². The molecule has 0 saturated carbocycles. The minimum Gasteiger partial charge on any atom is -0.444 e. The Bertz CT molecular complexity index is 873. The van der Waals surface area contributed by atoms with Gasteiger partial charge < -0.3 is 4.74 Å². The number of nitrogens with zero attached hydrogens (tertiary/aromatic N) is 2. The highest BCUT2D eigenvalue weighted by Gasteiger charge is 2.23. The van der Waals surface area contributed by atoms with Crippen LogP contribution < -0.4 is 4.31 Å². The number of rotatable bonds is 5. The first-order chi connectivity index (χ1) is 11.4. The average molecular weight is 344 g/mol. The molecule has 6 nitrogen and oxygen atoms in total. The smallest absolute Gasteiger partial charge is 0.339 e. The van der Waals surface area contributed by atoms with E-state index in [4.69, 9.17) is 10.00 Å². The van der Waals surface area contributed by atoms with E-state index in [1.54, 1.807) is 36.4 Å². The zero-order valence-corrected chi connectivity index (χ0v) is 14.0. The molecule has 0 heterocycles. The second-order valence-corrected chi connectivity index (χ2v) is 6.98. The van der Waals surface area contributed by atoms with Gasteiger partial charge in [-0.1, -0.05) is 24.3 Å². The van der Waals surface area contributed by atoms with E-state index in [2.05, 4.69) is 0 Å². The summed E-state index contributed by atoms with van der Waals surface area (Å²) in [6, 6.07) is 15.9. The molecule has 2 aromatic rings. The van der Waals surface area contributed by atoms with Crippen LogP contribution in [0.3, 0.4) is 0 Å². The van der Waals surface area contributed by atoms with Crippen molar-refractivity contribution in [2.75, 3.05) is 11.4 Å². The van der Waals surface area contributed by atoms with E-state index in [0.717, 1.165) is 4.31 Å². The maximum atomic E-state index is 12.7. The molecular weight excluding hydrogens is 328 g/mol. The Kier molecular flexibility index (Phi) is 5.21. The van der Waals surface area contributed by atoms with Gasteiger partial charge in [0.15, 0.2) is 6.10 Å². The van der Waals surface area contributed by atoms with Crippen molar-refractivity contribution in [3.05, 3.63) is 60.2 Å². The topological polar surface area (TPSA) is 87.5 Å². The Balaban J connectivity index is 2.34. The second kappa shape index (κ2) is 7.15. The van der Waals surface area contributed by atoms with Gasteiger partial charge in [-0.05, 0) is 37.3 Å². The standard InChI is InChI=1S/C17H16N2O4S/c1-13(12-18)23-17(20)14-7-6-10-16(11-14)24(21,22)19(2)15-8-4-3-5-9-15/h3-11,13H,1-2H3/t13-/m0/s1. The number of sulfonamides is 1. The van der Waals surface area contributed by atoms with Gasteiger partial charge in [-0.3, -0.25) is 4.31 Å². The quantitative estimate of drug-likeness (QED) is 0.778. The third kappa shape index (κ3) is 3.73. The number of hydrogen-bond acceptors (Lipinski definition) is 5. The highest BCUT2D eigenvalue weighted by Crippen LogP contribution is 2.22. The summed E-state index contributed by atoms with van der Waals surface area (Å²) in [5, 5.41) is 8.68. The van der Waals surface area contributed by atoms with E-state index < -0.39 is 22.1 Å². The Morgan fingerprint density at radius 1 is 1.17 bits per heavy atom. The largest absolute Gasteiger partial charge is 0.444 e. The summed E-state index contributed by atoms with van der Waals surface area (Å²) in [4.78, 5) is 11.9. The van der Waals surface area contributed by atoms with E-state index in [1.807, 2.05) is 0 Å². The van der Waals surface area contributed by atoms with Gasteiger partial charge in [-0.25, -0.2) is 13.2 Å². The molecule has 0 aliphatic carbocycles. The first-order valence-electron chi connectivity index (χ1n) is 7.11. The van der Waals surface area contributed by atoms with Crippen molar-refractivity contribution in [3.63, 3.8) is 0 Å². The number of carbonyl (C=O) groups is 1. The summed E-state index contributed by atoms with van der Waals surface area (Å²) >= 11 is 0. The summed E-state index contributed by atoms with van der Waals surface area (Å²) in [5.74, 6) is -0.747. The van der Waals surface area contributed by atoms with Crippen molar-refractivity contribution in [2.24, 2.45) is 0 Å². The number of nitriles is 1. The molecule has 0 aliphatic rings. The molecule has 0 spiro atoms. The molecule has 2 rings (SSSR count). The lowest BCUT2D eigenvalue weighted by Gasteiger charge is -2.19. The van der Waals surface area contributed by atoms with Crippen molar-refractivity contribution >= 4 is 21.7 Å². The first-order valence-corrected chi connectivity index (χ1v) is 8.55. The SMILES string of the molecule is C[C@@H](C#N)OC(=O)c1cccc(S(=O)(=O)N(C)c2ccccc2)c1. The van der Waals surface area contributed by atoms with Crippen LogP contribution in [0.5, 0.6) is 0 Å². The van der Waals surface area contributed by atoms with Crippen LogP contribution in [0.1, 0.15) is 17.3 Å². The number of para-hydroxylation sites is 1. The highest BCUT2D eigenvalue weighted by atomic mass is 32.2. The lowest BCUT2D eigenvalue weighted by atomic mass is 10.2. The molecule has 24 heavy (non-hydrogen) atoms. The molecule has 0 N–H and O–H groups in total. The normalized spacial score (nSPS) is 12.0. The zero-order chi connectivity index (χ0) is 17.7. The molecule has 2 aromatic carbocycles. The minimum absolute atomic E-state index is 0.0343. The molecule has 0 radical (unpaired) electrons. The summed E-state index contributed by atoms with van der Waals surface area (Å²) in [5.41, 5.74) is 0.572. The van der Waals surface area contributed by atoms with E-state index in [0.29, 0.717) is 5.69 Å². The van der Waals surface area contributed by atoms with Crippen LogP contribution in [0.4, 0.5) is 5.69 Å². The molecule has 0 amide bonds. The summed E-state index contributed by atoms with van der Waals surface area (Å²) in [6.45, 7) is 1.43. The Labute approximate surface area is 141 Å². The van der Waals surface area contributed by atoms with Crippen LogP contribution in [-0.2, 0) is 14.8 Å². The molecule has 0 aliphatic heterocycles. The number of anilines is 1. The van der Waals surface area contributed by atoms with Gasteiger partial charge >= 0.3 is 5.97 Å². The average Bonchev–Trinajstić information content (AvgIpc) is 2.61. The van der Waals surface area contributed by atoms with Crippen molar-refractivity contribution in [1.82, 2.24) is 0 Å². The Hall–Kier alpha value is -2.85. The van der Waals surface area contributed by atoms with E-state index in [9.17, 15) is 13.2 Å². The van der Waals surface area contributed by atoms with Crippen LogP contribution in [0, 0.1) is 11.3 Å². The van der Waals surface area contributed by atoms with Gasteiger partial charge in [-0.15, -0.1) is 0 Å². The maximum absolute atomic E-state index is 12.7. The number of benzene rings is 2. The lowest BCUT2D eigenvalue weighted by molar-refractivity contribution is 0.0435. The molecule has 0 unspecified atom stereocenters. The number of esters is 1. The fourth-order valence-electron chi connectivity index (χ4n) is 1.97. The van der Waals surface area contributed by atoms with Crippen molar-refractivity contribution in [3.8, 4) is 6.07 Å². The van der Waals surface area contributed by atoms with Crippen molar-refractivity contribution in [1.29, 1.82) is 5.26 Å². The fraction of sp³-hybridized carbons (Fsp3) is 0.176. The van der Waals surface area contributed by atoms with Crippen LogP contribution in [0.2, 0.25) is 0 Å². The van der Waals surface area contributed by atoms with Crippen LogP contribution in [0.15, 0.2) is 59.5 Å². The summed E-state index contributed by atoms with van der Waals surface area (Å²) in [7, 11) is -2.38. The predicted octanol–water partition coefficient (Wildman–Crippen LogP) is 2.58. The van der Waals surface area contributed by atoms with Crippen molar-refractivity contribution < 1.29 is 17.9 Å². The molecule has 1 atom stereocenters. The van der Waals surface area contributed by atoms with Gasteiger partial charge in [-0.2, -0.15) is 5.26 Å². The predicted molar refractivity (Wildman–Crippen MR) is 89.0 cm³/mol. The Morgan fingerprint density at radius 2 is 1.83 bits per heavy atom. The summed E-state index contributed by atoms with van der Waals surface area (Å²) in [6.07, 6.45) is -0.912. The Morgan fingerprint density at radius 3 is 2.46 bits per heavy atom. The van der Waals surface area contributed by atoms with Gasteiger partial charge in [0.2, 0.25) is 0 Å². The van der Waals surface area contributed by atoms with Crippen LogP contribution in [0.25, 0.3) is 0 Å². The van der Waals surface area contributed by atoms with Crippen LogP contribution in [-0.4, -0.2) is 27.5 Å². The zero-order valence-electron chi connectivity index (χ0n) is 13.2. The maximum Gasteiger partial charge on any atom is 0.339 e. The van der Waals surface area contributed by atoms with Gasteiger partial charge in [0.25, 0.3) is 10.0 Å². The van der Waals surface area contributed by atoms with E-state index >= 15 is 0 Å². The molecule has 7 heteroatoms. The highest BCUT2D eigenvalue weighted by molar-refractivity contribution is 7.92.